The van der Waals surface area contributed by atoms with Crippen LogP contribution in [0.1, 0.15) is 18.4 Å². The molecule has 1 aromatic rings. The zero-order valence-electron chi connectivity index (χ0n) is 12.4. The summed E-state index contributed by atoms with van der Waals surface area (Å²) in [6, 6.07) is 6.07. The molecule has 3 rings (SSSR count). The van der Waals surface area contributed by atoms with Crippen molar-refractivity contribution in [3.63, 3.8) is 0 Å². The number of fused-ring (bicyclic) bond motifs is 1. The van der Waals surface area contributed by atoms with Gasteiger partial charge in [0.15, 0.2) is 0 Å². The molecule has 0 radical (unpaired) electrons. The van der Waals surface area contributed by atoms with Gasteiger partial charge in [0.2, 0.25) is 5.91 Å². The van der Waals surface area contributed by atoms with E-state index in [1.165, 1.54) is 12.8 Å². The summed E-state index contributed by atoms with van der Waals surface area (Å²) in [5, 5.41) is 7.15. The SMILES string of the molecule is Cc1cc(Cl)ccc1NC(=O)CN1CCCC2CNCC21. The Bertz CT molecular complexity index is 534. The van der Waals surface area contributed by atoms with Crippen molar-refractivity contribution in [3.8, 4) is 0 Å². The molecule has 0 saturated carbocycles. The summed E-state index contributed by atoms with van der Waals surface area (Å²) < 4.78 is 0. The number of benzene rings is 1. The number of nitrogens with one attached hydrogen (secondary N) is 2. The van der Waals surface area contributed by atoms with Crippen LogP contribution in [0.25, 0.3) is 0 Å². The van der Waals surface area contributed by atoms with Gasteiger partial charge in [-0.25, -0.2) is 0 Å². The Morgan fingerprint density at radius 3 is 3.14 bits per heavy atom. The number of hydrogen-bond acceptors (Lipinski definition) is 3. The van der Waals surface area contributed by atoms with Crippen molar-refractivity contribution < 1.29 is 4.79 Å². The number of carbonyl (C=O) groups excluding carboxylic acids is 1. The Morgan fingerprint density at radius 2 is 2.33 bits per heavy atom. The summed E-state index contributed by atoms with van der Waals surface area (Å²) in [6.45, 7) is 5.57. The summed E-state index contributed by atoms with van der Waals surface area (Å²) in [4.78, 5) is 14.6. The Kier molecular flexibility index (Phi) is 4.48. The maximum Gasteiger partial charge on any atom is 0.238 e. The number of anilines is 1. The summed E-state index contributed by atoms with van der Waals surface area (Å²) in [6.07, 6.45) is 2.47. The zero-order chi connectivity index (χ0) is 14.8. The van der Waals surface area contributed by atoms with Crippen molar-refractivity contribution >= 4 is 23.2 Å². The highest BCUT2D eigenvalue weighted by Crippen LogP contribution is 2.26. The van der Waals surface area contributed by atoms with Gasteiger partial charge in [-0.3, -0.25) is 9.69 Å². The molecule has 1 aromatic carbocycles. The van der Waals surface area contributed by atoms with Gasteiger partial charge >= 0.3 is 0 Å². The van der Waals surface area contributed by atoms with Crippen LogP contribution in [0.3, 0.4) is 0 Å². The Hall–Kier alpha value is -1.10. The van der Waals surface area contributed by atoms with Gasteiger partial charge in [-0.1, -0.05) is 11.6 Å². The number of carbonyl (C=O) groups is 1. The van der Waals surface area contributed by atoms with Crippen LogP contribution in [0.4, 0.5) is 5.69 Å². The highest BCUT2D eigenvalue weighted by molar-refractivity contribution is 6.30. The second-order valence-electron chi connectivity index (χ2n) is 6.11. The quantitative estimate of drug-likeness (QED) is 0.900. The van der Waals surface area contributed by atoms with Crippen LogP contribution in [0, 0.1) is 12.8 Å². The number of nitrogens with zero attached hydrogens (tertiary/aromatic N) is 1. The van der Waals surface area contributed by atoms with E-state index in [0.29, 0.717) is 23.5 Å². The second-order valence-corrected chi connectivity index (χ2v) is 6.54. The van der Waals surface area contributed by atoms with Crippen LogP contribution in [-0.2, 0) is 4.79 Å². The predicted molar refractivity (Wildman–Crippen MR) is 85.8 cm³/mol. The number of piperidine rings is 1. The fraction of sp³-hybridized carbons (Fsp3) is 0.562. The van der Waals surface area contributed by atoms with Crippen molar-refractivity contribution in [1.29, 1.82) is 0 Å². The molecule has 114 valence electrons. The van der Waals surface area contributed by atoms with Crippen LogP contribution in [0.2, 0.25) is 5.02 Å². The molecule has 0 aliphatic carbocycles. The third-order valence-electron chi connectivity index (χ3n) is 4.60. The molecule has 4 nitrogen and oxygen atoms in total. The molecule has 5 heteroatoms. The van der Waals surface area contributed by atoms with Crippen molar-refractivity contribution in [2.45, 2.75) is 25.8 Å². The third-order valence-corrected chi connectivity index (χ3v) is 4.84. The van der Waals surface area contributed by atoms with Crippen LogP contribution >= 0.6 is 11.6 Å². The zero-order valence-corrected chi connectivity index (χ0v) is 13.1. The first-order chi connectivity index (χ1) is 10.1. The largest absolute Gasteiger partial charge is 0.325 e. The monoisotopic (exact) mass is 307 g/mol. The lowest BCUT2D eigenvalue weighted by Gasteiger charge is -2.36. The molecule has 2 N–H and O–H groups in total. The number of rotatable bonds is 3. The van der Waals surface area contributed by atoms with Gasteiger partial charge in [0.1, 0.15) is 0 Å². The summed E-state index contributed by atoms with van der Waals surface area (Å²) >= 11 is 5.94. The lowest BCUT2D eigenvalue weighted by molar-refractivity contribution is -0.118. The average molecular weight is 308 g/mol. The first-order valence-electron chi connectivity index (χ1n) is 7.64. The Labute approximate surface area is 130 Å². The van der Waals surface area contributed by atoms with E-state index in [0.717, 1.165) is 30.9 Å². The lowest BCUT2D eigenvalue weighted by Crippen LogP contribution is -2.48. The average Bonchev–Trinajstić information content (AvgIpc) is 2.91. The smallest absolute Gasteiger partial charge is 0.238 e. The Balaban J connectivity index is 1.61. The van der Waals surface area contributed by atoms with E-state index < -0.39 is 0 Å². The van der Waals surface area contributed by atoms with Gasteiger partial charge in [0.05, 0.1) is 6.54 Å². The first-order valence-corrected chi connectivity index (χ1v) is 8.02. The van der Waals surface area contributed by atoms with Gasteiger partial charge < -0.3 is 10.6 Å². The summed E-state index contributed by atoms with van der Waals surface area (Å²) in [5.41, 5.74) is 1.84. The number of halogens is 1. The van der Waals surface area contributed by atoms with E-state index in [2.05, 4.69) is 15.5 Å². The molecule has 0 spiro atoms. The lowest BCUT2D eigenvalue weighted by atomic mass is 9.92. The van der Waals surface area contributed by atoms with Crippen molar-refractivity contribution in [2.75, 3.05) is 31.5 Å². The molecule has 21 heavy (non-hydrogen) atoms. The molecule has 2 heterocycles. The number of likely N-dealkylation sites (tertiary alicyclic amines) is 1. The molecule has 2 fully saturated rings. The molecule has 1 amide bonds. The molecule has 2 atom stereocenters. The molecule has 0 bridgehead atoms. The molecule has 0 aromatic heterocycles. The maximum absolute atomic E-state index is 12.3. The second kappa shape index (κ2) is 6.34. The van der Waals surface area contributed by atoms with Gasteiger partial charge in [-0.15, -0.1) is 0 Å². The van der Waals surface area contributed by atoms with Crippen molar-refractivity contribution in [1.82, 2.24) is 10.2 Å². The molecule has 2 aliphatic heterocycles. The van der Waals surface area contributed by atoms with E-state index in [1.54, 1.807) is 0 Å². The van der Waals surface area contributed by atoms with Crippen LogP contribution in [0.5, 0.6) is 0 Å². The normalized spacial score (nSPS) is 25.6. The van der Waals surface area contributed by atoms with Gasteiger partial charge in [0, 0.05) is 23.3 Å². The standard InChI is InChI=1S/C16H22ClN3O/c1-11-7-13(17)4-5-14(11)19-16(21)10-20-6-2-3-12-8-18-9-15(12)20/h4-5,7,12,15,18H,2-3,6,8-10H2,1H3,(H,19,21). The topological polar surface area (TPSA) is 44.4 Å². The highest BCUT2D eigenvalue weighted by atomic mass is 35.5. The molecular weight excluding hydrogens is 286 g/mol. The minimum Gasteiger partial charge on any atom is -0.325 e. The van der Waals surface area contributed by atoms with Crippen LogP contribution in [0.15, 0.2) is 18.2 Å². The van der Waals surface area contributed by atoms with E-state index in [9.17, 15) is 4.79 Å². The minimum atomic E-state index is 0.0629. The van der Waals surface area contributed by atoms with Gasteiger partial charge in [0.25, 0.3) is 0 Å². The van der Waals surface area contributed by atoms with E-state index >= 15 is 0 Å². The molecule has 2 aliphatic rings. The fourth-order valence-electron chi connectivity index (χ4n) is 3.50. The number of aryl methyl sites for hydroxylation is 1. The van der Waals surface area contributed by atoms with Crippen LogP contribution < -0.4 is 10.6 Å². The van der Waals surface area contributed by atoms with Crippen LogP contribution in [-0.4, -0.2) is 43.0 Å². The van der Waals surface area contributed by atoms with Crippen molar-refractivity contribution in [3.05, 3.63) is 28.8 Å². The number of hydrogen-bond donors (Lipinski definition) is 2. The molecular formula is C16H22ClN3O. The number of amides is 1. The van der Waals surface area contributed by atoms with E-state index in [-0.39, 0.29) is 5.91 Å². The third kappa shape index (κ3) is 3.39. The molecule has 2 unspecified atom stereocenters. The summed E-state index contributed by atoms with van der Waals surface area (Å²) in [5.74, 6) is 0.775. The van der Waals surface area contributed by atoms with Gasteiger partial charge in [-0.05, 0) is 62.5 Å². The predicted octanol–water partition coefficient (Wildman–Crippen LogP) is 2.27. The summed E-state index contributed by atoms with van der Waals surface area (Å²) in [7, 11) is 0. The fourth-order valence-corrected chi connectivity index (χ4v) is 3.73. The van der Waals surface area contributed by atoms with E-state index in [1.807, 2.05) is 25.1 Å². The minimum absolute atomic E-state index is 0.0629. The highest BCUT2D eigenvalue weighted by Gasteiger charge is 2.35. The Morgan fingerprint density at radius 1 is 1.48 bits per heavy atom. The first kappa shape index (κ1) is 14.8. The maximum atomic E-state index is 12.3. The van der Waals surface area contributed by atoms with E-state index in [4.69, 9.17) is 11.6 Å². The van der Waals surface area contributed by atoms with Gasteiger partial charge in [-0.2, -0.15) is 0 Å². The van der Waals surface area contributed by atoms with Crippen molar-refractivity contribution in [2.24, 2.45) is 5.92 Å². The molecule has 2 saturated heterocycles.